The van der Waals surface area contributed by atoms with Gasteiger partial charge in [0.15, 0.2) is 0 Å². The molecule has 0 saturated heterocycles. The fraction of sp³-hybridized carbons (Fsp3) is 0. The Hall–Kier alpha value is -10.4. The van der Waals surface area contributed by atoms with Crippen molar-refractivity contribution in [2.45, 2.75) is 0 Å². The minimum absolute atomic E-state index is 1.12. The monoisotopic (exact) mass is 1080 g/mol. The molecule has 0 unspecified atom stereocenters. The number of nitrogens with zero attached hydrogens (tertiary/aromatic N) is 3. The number of hydrogen-bond acceptors (Lipinski definition) is 3. The Morgan fingerprint density at radius 1 is 0.229 bits per heavy atom. The van der Waals surface area contributed by atoms with Crippen molar-refractivity contribution in [3.8, 4) is 33.4 Å². The number of para-hydroxylation sites is 2. The van der Waals surface area contributed by atoms with Crippen molar-refractivity contribution >= 4 is 116 Å². The summed E-state index contributed by atoms with van der Waals surface area (Å²) in [6.45, 7) is 0. The summed E-state index contributed by atoms with van der Waals surface area (Å²) < 4.78 is 2.81. The van der Waals surface area contributed by atoms with E-state index in [1.165, 1.54) is 98.0 Å². The first kappa shape index (κ1) is 52.0. The average Bonchev–Trinajstić information content (AvgIpc) is 3.67. The van der Waals surface area contributed by atoms with Crippen molar-refractivity contribution < 1.29 is 0 Å². The molecule has 3 nitrogen and oxygen atoms in total. The van der Waals surface area contributed by atoms with Gasteiger partial charge in [-0.1, -0.05) is 255 Å². The Labute approximate surface area is 488 Å². The zero-order chi connectivity index (χ0) is 55.9. The standard InChI is InChI=1S/C44H32N2.C34H22.BHNP/c1-3-17-37(18-4-1)45(43-23-11-15-35-13-7-9-21-41(35)43)39-29-25-33(26-30-39)34-27-31-40(32-28-34)46(38-19-5-2-6-20-38)44-24-12-16-36-14-8-10-22-42(36)44;1-3-11-25-21-27(19-17-23(25)9-1)33-29-13-5-7-15-31(29)34(32-16-8-6-14-30(32)33)28-20-18-24-10-2-4-12-26(24)22-28;1-2-3/h1-32H;1-22H;3H. The van der Waals surface area contributed by atoms with Gasteiger partial charge in [0.05, 0.1) is 11.4 Å². The van der Waals surface area contributed by atoms with Gasteiger partial charge >= 0.3 is 0 Å². The third-order valence-electron chi connectivity index (χ3n) is 15.6. The van der Waals surface area contributed by atoms with Crippen LogP contribution in [0.25, 0.3) is 98.0 Å². The van der Waals surface area contributed by atoms with Crippen LogP contribution in [-0.4, -0.2) is 7.98 Å². The maximum atomic E-state index is 4.39. The van der Waals surface area contributed by atoms with Gasteiger partial charge in [0.25, 0.3) is 7.98 Å². The lowest BCUT2D eigenvalue weighted by Crippen LogP contribution is -2.10. The first-order valence-electron chi connectivity index (χ1n) is 28.0. The minimum Gasteiger partial charge on any atom is -0.344 e. The molecule has 0 atom stereocenters. The molecule has 15 aromatic carbocycles. The second-order valence-corrected chi connectivity index (χ2v) is 20.8. The van der Waals surface area contributed by atoms with E-state index in [1.54, 1.807) is 0 Å². The third kappa shape index (κ3) is 10.5. The lowest BCUT2D eigenvalue weighted by atomic mass is 9.85. The van der Waals surface area contributed by atoms with E-state index in [9.17, 15) is 0 Å². The van der Waals surface area contributed by atoms with E-state index in [0.717, 1.165) is 34.1 Å². The molecular formula is C78H55BN3P. The van der Waals surface area contributed by atoms with E-state index in [1.807, 2.05) is 0 Å². The Kier molecular flexibility index (Phi) is 14.9. The van der Waals surface area contributed by atoms with Crippen LogP contribution in [0, 0.1) is 0 Å². The largest absolute Gasteiger partial charge is 0.344 e. The number of hydrogen-bond donors (Lipinski definition) is 0. The lowest BCUT2D eigenvalue weighted by Gasteiger charge is -2.27. The van der Waals surface area contributed by atoms with Gasteiger partial charge in [0, 0.05) is 33.5 Å². The highest BCUT2D eigenvalue weighted by Crippen LogP contribution is 2.46. The number of rotatable bonds is 9. The summed E-state index contributed by atoms with van der Waals surface area (Å²) >= 11 is 0. The highest BCUT2D eigenvalue weighted by atomic mass is 31.0. The van der Waals surface area contributed by atoms with Crippen LogP contribution >= 0.6 is 9.03 Å². The van der Waals surface area contributed by atoms with Crippen molar-refractivity contribution in [3.63, 3.8) is 0 Å². The quantitative estimate of drug-likeness (QED) is 0.0815. The second-order valence-electron chi connectivity index (χ2n) is 20.5. The van der Waals surface area contributed by atoms with Crippen LogP contribution in [0.5, 0.6) is 0 Å². The van der Waals surface area contributed by atoms with Gasteiger partial charge in [-0.25, -0.2) is 0 Å². The Morgan fingerprint density at radius 3 is 0.855 bits per heavy atom. The predicted molar refractivity (Wildman–Crippen MR) is 360 cm³/mol. The Balaban J connectivity index is 0.000000154. The molecule has 390 valence electrons. The minimum atomic E-state index is 1.12. The summed E-state index contributed by atoms with van der Waals surface area (Å²) in [6.07, 6.45) is 0. The summed E-state index contributed by atoms with van der Waals surface area (Å²) in [5, 5.41) is 15.2. The molecule has 5 heteroatoms. The van der Waals surface area contributed by atoms with Gasteiger partial charge in [0.2, 0.25) is 0 Å². The van der Waals surface area contributed by atoms with Crippen molar-refractivity contribution in [2.75, 3.05) is 9.80 Å². The van der Waals surface area contributed by atoms with Crippen molar-refractivity contribution in [2.24, 2.45) is 4.66 Å². The summed E-state index contributed by atoms with van der Waals surface area (Å²) in [5.41, 5.74) is 14.3. The molecular weight excluding hydrogens is 1020 g/mol. The smallest absolute Gasteiger partial charge is 0.265 e. The third-order valence-corrected chi connectivity index (χ3v) is 15.6. The molecule has 15 aromatic rings. The molecule has 0 N–H and O–H groups in total. The van der Waals surface area contributed by atoms with Crippen LogP contribution in [0.15, 0.2) is 332 Å². The van der Waals surface area contributed by atoms with Gasteiger partial charge in [-0.15, -0.1) is 0 Å². The van der Waals surface area contributed by atoms with Crippen LogP contribution in [-0.2, 0) is 0 Å². The van der Waals surface area contributed by atoms with E-state index in [4.69, 9.17) is 0 Å². The van der Waals surface area contributed by atoms with Gasteiger partial charge < -0.3 is 14.5 Å². The van der Waals surface area contributed by atoms with E-state index >= 15 is 0 Å². The fourth-order valence-corrected chi connectivity index (χ4v) is 11.9. The van der Waals surface area contributed by atoms with Crippen molar-refractivity contribution in [1.29, 1.82) is 0 Å². The number of benzene rings is 15. The van der Waals surface area contributed by atoms with E-state index in [-0.39, 0.29) is 0 Å². The molecule has 0 aromatic heterocycles. The predicted octanol–water partition coefficient (Wildman–Crippen LogP) is 22.6. The van der Waals surface area contributed by atoms with Gasteiger partial charge in [-0.2, -0.15) is 0 Å². The van der Waals surface area contributed by atoms with Crippen molar-refractivity contribution in [1.82, 2.24) is 0 Å². The first-order valence-corrected chi connectivity index (χ1v) is 28.4. The molecule has 0 saturated carbocycles. The topological polar surface area (TPSA) is 18.8 Å². The molecule has 0 aliphatic rings. The summed E-state index contributed by atoms with van der Waals surface area (Å²) in [5.74, 6) is 0. The zero-order valence-corrected chi connectivity index (χ0v) is 46.6. The molecule has 0 fully saturated rings. The van der Waals surface area contributed by atoms with Crippen LogP contribution in [0.1, 0.15) is 0 Å². The molecule has 0 amide bonds. The van der Waals surface area contributed by atoms with E-state index in [0.29, 0.717) is 0 Å². The Bertz CT molecular complexity index is 4410. The molecule has 83 heavy (non-hydrogen) atoms. The first-order chi connectivity index (χ1) is 41.1. The molecule has 0 bridgehead atoms. The Morgan fingerprint density at radius 2 is 0.494 bits per heavy atom. The molecule has 0 aliphatic heterocycles. The van der Waals surface area contributed by atoms with E-state index < -0.39 is 0 Å². The average molecular weight is 1080 g/mol. The van der Waals surface area contributed by atoms with Crippen LogP contribution in [0.4, 0.5) is 34.1 Å². The van der Waals surface area contributed by atoms with Gasteiger partial charge in [-0.05, 0) is 169 Å². The molecule has 0 aliphatic carbocycles. The van der Waals surface area contributed by atoms with E-state index in [2.05, 4.69) is 359 Å². The van der Waals surface area contributed by atoms with Crippen molar-refractivity contribution in [3.05, 3.63) is 328 Å². The fourth-order valence-electron chi connectivity index (χ4n) is 11.9. The van der Waals surface area contributed by atoms with Crippen LogP contribution < -0.4 is 9.80 Å². The summed E-state index contributed by atoms with van der Waals surface area (Å²) in [4.78, 5) is 4.69. The molecule has 15 rings (SSSR count). The normalized spacial score (nSPS) is 11.0. The second kappa shape index (κ2) is 23.8. The summed E-state index contributed by atoms with van der Waals surface area (Å²) in [7, 11) is 6.97. The molecule has 0 heterocycles. The number of anilines is 6. The summed E-state index contributed by atoms with van der Waals surface area (Å²) in [6, 6.07) is 118. The highest BCUT2D eigenvalue weighted by molar-refractivity contribution is 7.05. The maximum absolute atomic E-state index is 4.39. The van der Waals surface area contributed by atoms with Gasteiger partial charge in [-0.3, -0.25) is 0 Å². The zero-order valence-electron chi connectivity index (χ0n) is 45.6. The van der Waals surface area contributed by atoms with Crippen LogP contribution in [0.2, 0.25) is 0 Å². The lowest BCUT2D eigenvalue weighted by molar-refractivity contribution is 1.29. The number of fused-ring (bicyclic) bond motifs is 6. The van der Waals surface area contributed by atoms with Crippen LogP contribution in [0.3, 0.4) is 0 Å². The molecule has 0 spiro atoms. The maximum Gasteiger partial charge on any atom is 0.265 e. The molecule has 2 radical (unpaired) electrons. The van der Waals surface area contributed by atoms with Gasteiger partial charge in [0.1, 0.15) is 0 Å². The highest BCUT2D eigenvalue weighted by Gasteiger charge is 2.19. The SMILES string of the molecule is [B]N=P.c1ccc(N(c2ccc(-c3ccc(N(c4ccccc4)c4cccc5ccccc45)cc3)cc2)c2cccc3ccccc23)cc1.c1ccc2cc(-c3c4ccccc4c(-c4ccc5ccccc5c4)c4ccccc34)ccc2c1.